The van der Waals surface area contributed by atoms with Crippen molar-refractivity contribution in [3.05, 3.63) is 11.9 Å². The maximum absolute atomic E-state index is 4.30. The van der Waals surface area contributed by atoms with Crippen molar-refractivity contribution in [2.75, 3.05) is 35.7 Å². The molecule has 0 amide bonds. The number of anilines is 2. The van der Waals surface area contributed by atoms with E-state index in [9.17, 15) is 0 Å². The highest BCUT2D eigenvalue weighted by atomic mass is 32.2. The molecule has 17 heavy (non-hydrogen) atoms. The van der Waals surface area contributed by atoms with E-state index >= 15 is 0 Å². The van der Waals surface area contributed by atoms with E-state index in [-0.39, 0.29) is 0 Å². The van der Waals surface area contributed by atoms with Crippen molar-refractivity contribution in [2.45, 2.75) is 19.8 Å². The second-order valence-corrected chi connectivity index (χ2v) is 5.61. The minimum atomic E-state index is 0.795. The van der Waals surface area contributed by atoms with Crippen LogP contribution in [0.15, 0.2) is 6.33 Å². The molecule has 0 unspecified atom stereocenters. The van der Waals surface area contributed by atoms with Crippen molar-refractivity contribution in [1.29, 1.82) is 0 Å². The lowest BCUT2D eigenvalue weighted by Crippen LogP contribution is -2.20. The zero-order valence-electron chi connectivity index (χ0n) is 10.5. The standard InChI is InChI=1S/C12H20N4S/c1-9-11(13-2)15-8-16-12(9)14-7-10-3-5-17-6-4-10/h8,10H,3-7H2,1-2H3,(H2,13,14,15,16). The fourth-order valence-corrected chi connectivity index (χ4v) is 3.28. The monoisotopic (exact) mass is 252 g/mol. The molecule has 2 N–H and O–H groups in total. The average Bonchev–Trinajstić information content (AvgIpc) is 2.39. The first-order valence-electron chi connectivity index (χ1n) is 6.12. The highest BCUT2D eigenvalue weighted by Gasteiger charge is 2.14. The van der Waals surface area contributed by atoms with Gasteiger partial charge >= 0.3 is 0 Å². The van der Waals surface area contributed by atoms with E-state index in [1.807, 2.05) is 14.0 Å². The van der Waals surface area contributed by atoms with Crippen molar-refractivity contribution in [3.63, 3.8) is 0 Å². The number of hydrogen-bond acceptors (Lipinski definition) is 5. The van der Waals surface area contributed by atoms with Gasteiger partial charge in [0.2, 0.25) is 0 Å². The quantitative estimate of drug-likeness (QED) is 0.861. The van der Waals surface area contributed by atoms with Crippen LogP contribution in [0.3, 0.4) is 0 Å². The highest BCUT2D eigenvalue weighted by Crippen LogP contribution is 2.24. The molecule has 4 nitrogen and oxygen atoms in total. The Morgan fingerprint density at radius 3 is 2.71 bits per heavy atom. The van der Waals surface area contributed by atoms with Crippen LogP contribution in [0.4, 0.5) is 11.6 Å². The molecule has 1 aromatic heterocycles. The molecule has 1 aromatic rings. The van der Waals surface area contributed by atoms with Crippen molar-refractivity contribution in [1.82, 2.24) is 9.97 Å². The fraction of sp³-hybridized carbons (Fsp3) is 0.667. The van der Waals surface area contributed by atoms with Crippen LogP contribution in [-0.2, 0) is 0 Å². The van der Waals surface area contributed by atoms with Crippen LogP contribution in [0.5, 0.6) is 0 Å². The van der Waals surface area contributed by atoms with Gasteiger partial charge in [-0.05, 0) is 37.2 Å². The van der Waals surface area contributed by atoms with Gasteiger partial charge in [0, 0.05) is 19.2 Å². The summed E-state index contributed by atoms with van der Waals surface area (Å²) in [5.41, 5.74) is 1.10. The minimum absolute atomic E-state index is 0.795. The maximum atomic E-state index is 4.30. The van der Waals surface area contributed by atoms with Crippen LogP contribution in [0.2, 0.25) is 0 Å². The van der Waals surface area contributed by atoms with E-state index in [2.05, 4.69) is 32.4 Å². The lowest BCUT2D eigenvalue weighted by atomic mass is 10.0. The van der Waals surface area contributed by atoms with Gasteiger partial charge in [-0.2, -0.15) is 11.8 Å². The molecular formula is C12H20N4S. The van der Waals surface area contributed by atoms with Crippen LogP contribution in [0.1, 0.15) is 18.4 Å². The fourth-order valence-electron chi connectivity index (χ4n) is 2.07. The number of hydrogen-bond donors (Lipinski definition) is 2. The van der Waals surface area contributed by atoms with Gasteiger partial charge in [-0.25, -0.2) is 9.97 Å². The summed E-state index contributed by atoms with van der Waals surface area (Å²) in [6.07, 6.45) is 4.25. The van der Waals surface area contributed by atoms with Crippen LogP contribution in [0, 0.1) is 12.8 Å². The molecule has 2 heterocycles. The number of nitrogens with zero attached hydrogens (tertiary/aromatic N) is 2. The van der Waals surface area contributed by atoms with Gasteiger partial charge in [-0.3, -0.25) is 0 Å². The molecule has 0 atom stereocenters. The van der Waals surface area contributed by atoms with E-state index in [1.165, 1.54) is 24.3 Å². The predicted molar refractivity (Wildman–Crippen MR) is 74.9 cm³/mol. The minimum Gasteiger partial charge on any atom is -0.373 e. The molecule has 0 aromatic carbocycles. The first kappa shape index (κ1) is 12.5. The Bertz CT molecular complexity index is 364. The van der Waals surface area contributed by atoms with Gasteiger partial charge in [0.15, 0.2) is 0 Å². The third-order valence-electron chi connectivity index (χ3n) is 3.22. The van der Waals surface area contributed by atoms with E-state index in [4.69, 9.17) is 0 Å². The largest absolute Gasteiger partial charge is 0.373 e. The van der Waals surface area contributed by atoms with Gasteiger partial charge in [-0.15, -0.1) is 0 Å². The Hall–Kier alpha value is -0.970. The zero-order chi connectivity index (χ0) is 12.1. The Morgan fingerprint density at radius 2 is 2.00 bits per heavy atom. The second-order valence-electron chi connectivity index (χ2n) is 4.38. The van der Waals surface area contributed by atoms with Crippen molar-refractivity contribution >= 4 is 23.4 Å². The summed E-state index contributed by atoms with van der Waals surface area (Å²) in [6, 6.07) is 0. The van der Waals surface area contributed by atoms with E-state index in [1.54, 1.807) is 6.33 Å². The smallest absolute Gasteiger partial charge is 0.134 e. The Morgan fingerprint density at radius 1 is 1.29 bits per heavy atom. The molecule has 2 rings (SSSR count). The van der Waals surface area contributed by atoms with E-state index in [0.717, 1.165) is 29.7 Å². The van der Waals surface area contributed by atoms with Crippen LogP contribution < -0.4 is 10.6 Å². The molecule has 94 valence electrons. The molecule has 0 bridgehead atoms. The summed E-state index contributed by atoms with van der Waals surface area (Å²) in [4.78, 5) is 8.49. The average molecular weight is 252 g/mol. The Labute approximate surface area is 107 Å². The molecule has 1 aliphatic rings. The lowest BCUT2D eigenvalue weighted by molar-refractivity contribution is 0.515. The SMILES string of the molecule is CNc1ncnc(NCC2CCSCC2)c1C. The number of thioether (sulfide) groups is 1. The molecule has 1 fully saturated rings. The van der Waals surface area contributed by atoms with Crippen LogP contribution >= 0.6 is 11.8 Å². The molecule has 1 saturated heterocycles. The molecule has 1 aliphatic heterocycles. The van der Waals surface area contributed by atoms with E-state index in [0.29, 0.717) is 0 Å². The first-order valence-corrected chi connectivity index (χ1v) is 7.27. The number of aromatic nitrogens is 2. The molecule has 0 saturated carbocycles. The molecule has 0 radical (unpaired) electrons. The summed E-state index contributed by atoms with van der Waals surface area (Å²) < 4.78 is 0. The van der Waals surface area contributed by atoms with Crippen LogP contribution in [0.25, 0.3) is 0 Å². The molecule has 5 heteroatoms. The summed E-state index contributed by atoms with van der Waals surface area (Å²) in [6.45, 7) is 3.08. The van der Waals surface area contributed by atoms with Gasteiger partial charge in [0.1, 0.15) is 18.0 Å². The van der Waals surface area contributed by atoms with Gasteiger partial charge in [0.25, 0.3) is 0 Å². The summed E-state index contributed by atoms with van der Waals surface area (Å²) in [5, 5.41) is 6.54. The first-order chi connectivity index (χ1) is 8.31. The summed E-state index contributed by atoms with van der Waals surface area (Å²) in [5.74, 6) is 5.27. The predicted octanol–water partition coefficient (Wildman–Crippen LogP) is 2.38. The Kier molecular flexibility index (Phi) is 4.48. The van der Waals surface area contributed by atoms with Gasteiger partial charge in [-0.1, -0.05) is 0 Å². The third-order valence-corrected chi connectivity index (χ3v) is 4.27. The summed E-state index contributed by atoms with van der Waals surface area (Å²) >= 11 is 2.07. The Balaban J connectivity index is 1.93. The number of rotatable bonds is 4. The van der Waals surface area contributed by atoms with Crippen LogP contribution in [-0.4, -0.2) is 35.1 Å². The lowest BCUT2D eigenvalue weighted by Gasteiger charge is -2.22. The molecule has 0 aliphatic carbocycles. The van der Waals surface area contributed by atoms with Crippen molar-refractivity contribution in [2.24, 2.45) is 5.92 Å². The topological polar surface area (TPSA) is 49.8 Å². The van der Waals surface area contributed by atoms with Crippen molar-refractivity contribution < 1.29 is 0 Å². The van der Waals surface area contributed by atoms with Crippen molar-refractivity contribution in [3.8, 4) is 0 Å². The zero-order valence-corrected chi connectivity index (χ0v) is 11.3. The van der Waals surface area contributed by atoms with Gasteiger partial charge < -0.3 is 10.6 Å². The molecular weight excluding hydrogens is 232 g/mol. The normalized spacial score (nSPS) is 16.8. The second kappa shape index (κ2) is 6.10. The third kappa shape index (κ3) is 3.25. The summed E-state index contributed by atoms with van der Waals surface area (Å²) in [7, 11) is 1.89. The van der Waals surface area contributed by atoms with Gasteiger partial charge in [0.05, 0.1) is 0 Å². The van der Waals surface area contributed by atoms with E-state index < -0.39 is 0 Å². The number of nitrogens with one attached hydrogen (secondary N) is 2. The maximum Gasteiger partial charge on any atom is 0.134 e. The highest BCUT2D eigenvalue weighted by molar-refractivity contribution is 7.99. The molecule has 0 spiro atoms.